The molecule has 7 heteroatoms. The average Bonchev–Trinajstić information content (AvgIpc) is 3.51. The van der Waals surface area contributed by atoms with E-state index in [0.717, 1.165) is 43.4 Å². The minimum atomic E-state index is -1.21. The third-order valence-corrected chi connectivity index (χ3v) is 6.82. The normalized spacial score (nSPS) is 19.5. The van der Waals surface area contributed by atoms with E-state index in [1.165, 1.54) is 0 Å². The highest BCUT2D eigenvalue weighted by atomic mass is 35.5. The molecule has 1 saturated heterocycles. The number of halogens is 3. The molecule has 33 heavy (non-hydrogen) atoms. The summed E-state index contributed by atoms with van der Waals surface area (Å²) in [4.78, 5) is 14.1. The molecule has 1 aliphatic heterocycles. The lowest BCUT2D eigenvalue weighted by Gasteiger charge is -2.35. The Morgan fingerprint density at radius 1 is 1.15 bits per heavy atom. The summed E-state index contributed by atoms with van der Waals surface area (Å²) in [5.41, 5.74) is 1.72. The van der Waals surface area contributed by atoms with Crippen molar-refractivity contribution in [2.75, 3.05) is 13.1 Å². The van der Waals surface area contributed by atoms with Crippen molar-refractivity contribution in [3.8, 4) is 5.75 Å². The number of likely N-dealkylation sites (tertiary alicyclic amines) is 1. The van der Waals surface area contributed by atoms with Gasteiger partial charge in [-0.15, -0.1) is 0 Å². The second kappa shape index (κ2) is 9.44. The van der Waals surface area contributed by atoms with Crippen molar-refractivity contribution in [1.29, 1.82) is 0 Å². The monoisotopic (exact) mass is 493 g/mol. The molecule has 2 fully saturated rings. The van der Waals surface area contributed by atoms with Gasteiger partial charge in [-0.25, -0.2) is 9.18 Å². The molecule has 178 valence electrons. The number of aromatic carboxylic acids is 1. The van der Waals surface area contributed by atoms with Crippen molar-refractivity contribution in [1.82, 2.24) is 4.90 Å². The summed E-state index contributed by atoms with van der Waals surface area (Å²) in [5.74, 6) is -0.860. The Hall–Kier alpha value is -1.82. The van der Waals surface area contributed by atoms with Gasteiger partial charge in [-0.1, -0.05) is 44.0 Å². The molecule has 2 aromatic rings. The highest BCUT2D eigenvalue weighted by molar-refractivity contribution is 6.34. The lowest BCUT2D eigenvalue weighted by Crippen LogP contribution is -2.41. The Morgan fingerprint density at radius 3 is 2.39 bits per heavy atom. The van der Waals surface area contributed by atoms with Gasteiger partial charge < -0.3 is 9.84 Å². The fourth-order valence-corrected chi connectivity index (χ4v) is 5.36. The maximum absolute atomic E-state index is 15.5. The summed E-state index contributed by atoms with van der Waals surface area (Å²) in [7, 11) is 0. The zero-order valence-corrected chi connectivity index (χ0v) is 20.8. The van der Waals surface area contributed by atoms with Gasteiger partial charge in [0.05, 0.1) is 5.56 Å². The predicted octanol–water partition coefficient (Wildman–Crippen LogP) is 7.05. The quantitative estimate of drug-likeness (QED) is 0.468. The Kier molecular flexibility index (Phi) is 6.95. The average molecular weight is 494 g/mol. The van der Waals surface area contributed by atoms with Crippen LogP contribution in [0.1, 0.15) is 79.4 Å². The second-order valence-corrected chi connectivity index (χ2v) is 11.1. The van der Waals surface area contributed by atoms with Crippen LogP contribution in [0, 0.1) is 5.82 Å². The largest absolute Gasteiger partial charge is 0.489 e. The van der Waals surface area contributed by atoms with Gasteiger partial charge in [0.2, 0.25) is 0 Å². The van der Waals surface area contributed by atoms with E-state index in [4.69, 9.17) is 27.9 Å². The van der Waals surface area contributed by atoms with Gasteiger partial charge in [-0.3, -0.25) is 4.90 Å². The molecule has 0 bridgehead atoms. The summed E-state index contributed by atoms with van der Waals surface area (Å²) in [5, 5.41) is 10.7. The van der Waals surface area contributed by atoms with Crippen LogP contribution in [0.15, 0.2) is 24.3 Å². The maximum Gasteiger partial charge on any atom is 0.338 e. The number of piperidine rings is 1. The van der Waals surface area contributed by atoms with Crippen LogP contribution in [0.25, 0.3) is 0 Å². The zero-order valence-electron chi connectivity index (χ0n) is 19.3. The van der Waals surface area contributed by atoms with Crippen molar-refractivity contribution < 1.29 is 19.0 Å². The van der Waals surface area contributed by atoms with Gasteiger partial charge in [-0.05, 0) is 84.5 Å². The van der Waals surface area contributed by atoms with Crippen LogP contribution < -0.4 is 4.74 Å². The van der Waals surface area contributed by atoms with Gasteiger partial charge in [0.15, 0.2) is 0 Å². The van der Waals surface area contributed by atoms with Crippen LogP contribution in [0.5, 0.6) is 5.75 Å². The van der Waals surface area contributed by atoms with Gasteiger partial charge in [-0.2, -0.15) is 0 Å². The van der Waals surface area contributed by atoms with Crippen LogP contribution in [0.2, 0.25) is 10.0 Å². The molecule has 0 aromatic heterocycles. The number of hydrogen-bond acceptors (Lipinski definition) is 3. The van der Waals surface area contributed by atoms with Crippen LogP contribution in [-0.4, -0.2) is 35.2 Å². The third-order valence-electron chi connectivity index (χ3n) is 6.39. The highest BCUT2D eigenvalue weighted by Gasteiger charge is 2.35. The molecule has 1 N–H and O–H groups in total. The van der Waals surface area contributed by atoms with Crippen molar-refractivity contribution in [2.45, 2.75) is 70.4 Å². The fraction of sp³-hybridized carbons (Fsp3) is 0.500. The summed E-state index contributed by atoms with van der Waals surface area (Å²) in [6, 6.07) is 6.77. The van der Waals surface area contributed by atoms with Gasteiger partial charge in [0.1, 0.15) is 17.7 Å². The number of benzene rings is 2. The minimum absolute atomic E-state index is 0.0288. The second-order valence-electron chi connectivity index (χ2n) is 10.2. The van der Waals surface area contributed by atoms with Crippen LogP contribution in [-0.2, 0) is 12.0 Å². The van der Waals surface area contributed by atoms with E-state index in [9.17, 15) is 9.90 Å². The molecule has 1 aliphatic carbocycles. The predicted molar refractivity (Wildman–Crippen MR) is 129 cm³/mol. The van der Waals surface area contributed by atoms with E-state index >= 15 is 4.39 Å². The third kappa shape index (κ3) is 5.64. The first kappa shape index (κ1) is 24.3. The molecule has 1 saturated carbocycles. The number of nitrogens with zero attached hydrogens (tertiary/aromatic N) is 1. The lowest BCUT2D eigenvalue weighted by molar-refractivity contribution is 0.0691. The van der Waals surface area contributed by atoms with Gasteiger partial charge in [0.25, 0.3) is 0 Å². The molecule has 2 aliphatic rings. The maximum atomic E-state index is 15.5. The molecular weight excluding hydrogens is 464 g/mol. The summed E-state index contributed by atoms with van der Waals surface area (Å²) in [6.07, 6.45) is 3.87. The summed E-state index contributed by atoms with van der Waals surface area (Å²) >= 11 is 12.2. The molecule has 4 nitrogen and oxygen atoms in total. The standard InChI is InChI=1S/C26H30Cl2FNO3/c1-26(2,3)23-22(20(15-6-7-15)12-21(24(23)29)25(31)32)14-30-8-4-5-18(13-30)33-19-10-16(27)9-17(28)11-19/h9-12,15,18H,4-8,13-14H2,1-3H3,(H,31,32). The van der Waals surface area contributed by atoms with E-state index in [0.29, 0.717) is 40.4 Å². The molecule has 4 rings (SSSR count). The Labute approximate surface area is 204 Å². The number of carboxylic acids is 1. The Balaban J connectivity index is 1.62. The molecule has 0 amide bonds. The topological polar surface area (TPSA) is 49.8 Å². The van der Waals surface area contributed by atoms with E-state index in [-0.39, 0.29) is 11.7 Å². The zero-order chi connectivity index (χ0) is 23.9. The molecule has 1 atom stereocenters. The fourth-order valence-electron chi connectivity index (χ4n) is 4.85. The molecule has 1 unspecified atom stereocenters. The first-order chi connectivity index (χ1) is 15.5. The van der Waals surface area contributed by atoms with Crippen molar-refractivity contribution in [2.24, 2.45) is 0 Å². The number of carbonyl (C=O) groups is 1. The molecule has 0 radical (unpaired) electrons. The number of carboxylic acid groups (broad SMARTS) is 1. The Bertz CT molecular complexity index is 1040. The first-order valence-corrected chi connectivity index (χ1v) is 12.2. The number of ether oxygens (including phenoxy) is 1. The van der Waals surface area contributed by atoms with Gasteiger partial charge in [0, 0.05) is 23.1 Å². The number of hydrogen-bond donors (Lipinski definition) is 1. The smallest absolute Gasteiger partial charge is 0.338 e. The molecular formula is C26H30Cl2FNO3. The molecule has 1 heterocycles. The summed E-state index contributed by atoms with van der Waals surface area (Å²) < 4.78 is 21.7. The SMILES string of the molecule is CC(C)(C)c1c(F)c(C(=O)O)cc(C2CC2)c1CN1CCCC(Oc2cc(Cl)cc(Cl)c2)C1. The van der Waals surface area contributed by atoms with Crippen LogP contribution >= 0.6 is 23.2 Å². The van der Waals surface area contributed by atoms with E-state index in [1.807, 2.05) is 20.8 Å². The molecule has 0 spiro atoms. The first-order valence-electron chi connectivity index (χ1n) is 11.5. The van der Waals surface area contributed by atoms with Crippen molar-refractivity contribution in [3.05, 3.63) is 62.4 Å². The van der Waals surface area contributed by atoms with Crippen LogP contribution in [0.4, 0.5) is 4.39 Å². The Morgan fingerprint density at radius 2 is 1.82 bits per heavy atom. The van der Waals surface area contributed by atoms with Crippen molar-refractivity contribution >= 4 is 29.2 Å². The minimum Gasteiger partial charge on any atom is -0.489 e. The van der Waals surface area contributed by atoms with Crippen LogP contribution in [0.3, 0.4) is 0 Å². The van der Waals surface area contributed by atoms with E-state index in [1.54, 1.807) is 24.3 Å². The lowest BCUT2D eigenvalue weighted by atomic mass is 9.79. The molecule has 2 aromatic carbocycles. The number of rotatable bonds is 6. The van der Waals surface area contributed by atoms with E-state index in [2.05, 4.69) is 4.90 Å². The van der Waals surface area contributed by atoms with Gasteiger partial charge >= 0.3 is 5.97 Å². The van der Waals surface area contributed by atoms with Crippen molar-refractivity contribution in [3.63, 3.8) is 0 Å². The van der Waals surface area contributed by atoms with E-state index < -0.39 is 17.2 Å². The highest BCUT2D eigenvalue weighted by Crippen LogP contribution is 2.46. The summed E-state index contributed by atoms with van der Waals surface area (Å²) in [6.45, 7) is 7.99.